The van der Waals surface area contributed by atoms with Gasteiger partial charge in [-0.05, 0) is 70.2 Å². The number of nitrogens with zero attached hydrogens (tertiary/aromatic N) is 3. The predicted octanol–water partition coefficient (Wildman–Crippen LogP) is -0.710. The summed E-state index contributed by atoms with van der Waals surface area (Å²) in [5.41, 5.74) is 8.19. The smallest absolute Gasteiger partial charge is 0.418 e. The van der Waals surface area contributed by atoms with Gasteiger partial charge in [-0.15, -0.1) is 15.6 Å². The van der Waals surface area contributed by atoms with Crippen molar-refractivity contribution in [3.8, 4) is 5.75 Å². The number of carboxylic acids is 1. The Morgan fingerprint density at radius 3 is 2.57 bits per heavy atom. The molecule has 0 spiro atoms. The summed E-state index contributed by atoms with van der Waals surface area (Å²) in [6.45, 7) is 3.81. The summed E-state index contributed by atoms with van der Waals surface area (Å²) < 4.78 is 41.7. The number of hydroxylamine groups is 2. The molecule has 3 heterocycles. The zero-order valence-electron chi connectivity index (χ0n) is 26.5. The van der Waals surface area contributed by atoms with Crippen molar-refractivity contribution in [2.45, 2.75) is 81.3 Å². The van der Waals surface area contributed by atoms with Crippen molar-refractivity contribution in [2.24, 2.45) is 10.9 Å². The van der Waals surface area contributed by atoms with E-state index in [1.54, 1.807) is 18.2 Å². The van der Waals surface area contributed by atoms with E-state index in [0.29, 0.717) is 35.6 Å². The van der Waals surface area contributed by atoms with E-state index >= 15 is 0 Å². The fourth-order valence-electron chi connectivity index (χ4n) is 5.77. The molecule has 0 unspecified atom stereocenters. The molecule has 2 aromatic rings. The second-order valence-electron chi connectivity index (χ2n) is 12.8. The molecule has 5 rings (SSSR count). The van der Waals surface area contributed by atoms with Crippen LogP contribution in [0.4, 0.5) is 5.13 Å². The number of amides is 2. The number of carbonyl (C=O) groups excluding carboxylic acids is 2. The molecule has 2 aliphatic heterocycles. The van der Waals surface area contributed by atoms with Crippen molar-refractivity contribution in [3.63, 3.8) is 0 Å². The van der Waals surface area contributed by atoms with Gasteiger partial charge in [-0.25, -0.2) is 9.78 Å². The molecule has 10 N–H and O–H groups in total. The van der Waals surface area contributed by atoms with Crippen LogP contribution in [0.25, 0.3) is 0 Å². The third kappa shape index (κ3) is 7.16. The number of nitrogens with one attached hydrogen (secondary N) is 3. The number of β-lactam (4-membered cyclic amide) rings is 1. The number of aromatic nitrogens is 1. The van der Waals surface area contributed by atoms with Crippen molar-refractivity contribution >= 4 is 56.2 Å². The molecule has 49 heavy (non-hydrogen) atoms. The third-order valence-corrected chi connectivity index (χ3v) is 9.74. The zero-order valence-corrected chi connectivity index (χ0v) is 28.1. The van der Waals surface area contributed by atoms with E-state index in [1.807, 2.05) is 0 Å². The van der Waals surface area contributed by atoms with Gasteiger partial charge in [-0.3, -0.25) is 19.6 Å². The summed E-state index contributed by atoms with van der Waals surface area (Å²) >= 11 is 0.952. The van der Waals surface area contributed by atoms with Gasteiger partial charge in [0.05, 0.1) is 12.1 Å². The minimum atomic E-state index is -5.04. The number of nitrogen functional groups attached to an aromatic ring is 1. The third-order valence-electron chi connectivity index (χ3n) is 8.73. The average Bonchev–Trinajstić information content (AvgIpc) is 3.45. The number of oxime groups is 1. The van der Waals surface area contributed by atoms with Crippen LogP contribution < -0.4 is 26.8 Å². The molecule has 3 atom stereocenters. The second-order valence-corrected chi connectivity index (χ2v) is 14.7. The fourth-order valence-corrected chi connectivity index (χ4v) is 6.77. The maximum atomic E-state index is 13.4. The van der Waals surface area contributed by atoms with Crippen LogP contribution in [-0.2, 0) is 40.3 Å². The number of thiazole rings is 1. The Morgan fingerprint density at radius 2 is 2.00 bits per heavy atom. The fraction of sp³-hybridized carbons (Fsp3) is 0.500. The van der Waals surface area contributed by atoms with Crippen LogP contribution >= 0.6 is 11.3 Å². The zero-order chi connectivity index (χ0) is 36.1. The van der Waals surface area contributed by atoms with Crippen LogP contribution in [0.2, 0.25) is 0 Å². The molecule has 1 saturated heterocycles. The van der Waals surface area contributed by atoms with Crippen LogP contribution in [0.5, 0.6) is 5.75 Å². The molecule has 21 heteroatoms. The summed E-state index contributed by atoms with van der Waals surface area (Å²) in [5, 5.41) is 39.2. The molecule has 1 aromatic carbocycles. The van der Waals surface area contributed by atoms with Crippen LogP contribution in [0.1, 0.15) is 56.9 Å². The maximum absolute atomic E-state index is 13.4. The van der Waals surface area contributed by atoms with Crippen molar-refractivity contribution in [1.29, 1.82) is 5.41 Å². The second kappa shape index (κ2) is 12.8. The van der Waals surface area contributed by atoms with Crippen LogP contribution in [-0.4, -0.2) is 104 Å². The number of ether oxygens (including phenoxy) is 1. The Morgan fingerprint density at radius 1 is 1.31 bits per heavy atom. The summed E-state index contributed by atoms with van der Waals surface area (Å²) in [4.78, 5) is 48.2. The molecule has 2 amide bonds. The van der Waals surface area contributed by atoms with Crippen LogP contribution in [0, 0.1) is 5.41 Å². The quantitative estimate of drug-likeness (QED) is 0.0441. The van der Waals surface area contributed by atoms with Gasteiger partial charge in [0.1, 0.15) is 23.3 Å². The summed E-state index contributed by atoms with van der Waals surface area (Å²) in [7, 11) is -5.04. The van der Waals surface area contributed by atoms with Crippen molar-refractivity contribution in [3.05, 3.63) is 40.4 Å². The minimum Gasteiger partial charge on any atom is -0.485 e. The van der Waals surface area contributed by atoms with Crippen molar-refractivity contribution in [1.82, 2.24) is 20.7 Å². The molecule has 266 valence electrons. The first-order valence-corrected chi connectivity index (χ1v) is 17.1. The SMILES string of the molecule is CC1(C)[C@H](NC(=O)/C(=N\O[C@](C)(C(=O)O)[C@H]2CCc3cc(C(=N)N[C@H]4C[C@@](N)(CO)C4)ccc3O2)c2csc(N)n2)C(=O)N1OS(=O)(=O)O. The van der Waals surface area contributed by atoms with Gasteiger partial charge >= 0.3 is 16.4 Å². The molecule has 3 aliphatic rings. The molecule has 1 aromatic heterocycles. The molecule has 1 saturated carbocycles. The lowest BCUT2D eigenvalue weighted by atomic mass is 9.74. The Bertz CT molecular complexity index is 1830. The summed E-state index contributed by atoms with van der Waals surface area (Å²) in [5.74, 6) is -2.97. The monoisotopic (exact) mass is 724 g/mol. The van der Waals surface area contributed by atoms with Gasteiger partial charge < -0.3 is 41.9 Å². The number of aliphatic carboxylic acids is 1. The Labute approximate surface area is 284 Å². The topological polar surface area (TPSA) is 302 Å². The van der Waals surface area contributed by atoms with Gasteiger partial charge in [-0.2, -0.15) is 13.5 Å². The predicted molar refractivity (Wildman–Crippen MR) is 172 cm³/mol. The number of carboxylic acid groups (broad SMARTS) is 1. The lowest BCUT2D eigenvalue weighted by Crippen LogP contribution is -2.76. The number of aryl methyl sites for hydroxylation is 1. The van der Waals surface area contributed by atoms with Gasteiger partial charge in [0, 0.05) is 22.5 Å². The number of nitrogens with two attached hydrogens (primary N) is 2. The number of amidine groups is 1. The summed E-state index contributed by atoms with van der Waals surface area (Å²) in [6, 6.07) is 3.63. The molecule has 19 nitrogen and oxygen atoms in total. The molecule has 1 aliphatic carbocycles. The van der Waals surface area contributed by atoms with Crippen molar-refractivity contribution < 1.29 is 51.4 Å². The molecule has 2 fully saturated rings. The minimum absolute atomic E-state index is 0.0440. The van der Waals surface area contributed by atoms with Crippen LogP contribution in [0.15, 0.2) is 28.7 Å². The largest absolute Gasteiger partial charge is 0.485 e. The molecular formula is C28H36N8O11S2. The molecule has 0 radical (unpaired) electrons. The first-order valence-electron chi connectivity index (χ1n) is 14.8. The highest BCUT2D eigenvalue weighted by molar-refractivity contribution is 7.80. The van der Waals surface area contributed by atoms with Gasteiger partial charge in [-0.1, -0.05) is 5.16 Å². The number of benzene rings is 1. The Kier molecular flexibility index (Phi) is 9.38. The number of rotatable bonds is 12. The van der Waals surface area contributed by atoms with Gasteiger partial charge in [0.2, 0.25) is 0 Å². The van der Waals surface area contributed by atoms with E-state index in [0.717, 1.165) is 16.9 Å². The Balaban J connectivity index is 1.32. The van der Waals surface area contributed by atoms with Crippen molar-refractivity contribution in [2.75, 3.05) is 12.3 Å². The van der Waals surface area contributed by atoms with E-state index in [-0.39, 0.29) is 35.7 Å². The number of aliphatic hydroxyl groups excluding tert-OH is 1. The molecular weight excluding hydrogens is 688 g/mol. The van der Waals surface area contributed by atoms with E-state index in [2.05, 4.69) is 25.1 Å². The first-order chi connectivity index (χ1) is 22.8. The van der Waals surface area contributed by atoms with E-state index in [4.69, 9.17) is 31.0 Å². The summed E-state index contributed by atoms with van der Waals surface area (Å²) in [6.07, 6.45) is 0.466. The van der Waals surface area contributed by atoms with Gasteiger partial charge in [0.15, 0.2) is 16.9 Å². The number of carbonyl (C=O) groups is 3. The Hall–Kier alpha value is -4.41. The highest BCUT2D eigenvalue weighted by Crippen LogP contribution is 2.36. The standard InChI is InChI=1S/C28H36N8O11S2/c1-26(2)20(23(39)36(26)47-49(42,43)44)34-22(38)19(16-11-48-25(30)33-16)35-46-27(3,24(40)41)18-7-5-13-8-14(4-6-17(13)45-18)21(29)32-15-9-28(31,10-15)12-37/h4,6,8,11,15,18,20,37H,5,7,9-10,12,31H2,1-3H3,(H2,29,32)(H2,30,33)(H,34,38)(H,40,41)(H,42,43,44)/b35-19-/t15-,18-,20-,27+,28-/m1/s1. The van der Waals surface area contributed by atoms with E-state index in [9.17, 15) is 33.0 Å². The first kappa shape index (κ1) is 35.9. The number of aliphatic hydroxyl groups is 1. The molecule has 0 bridgehead atoms. The average molecular weight is 725 g/mol. The van der Waals surface area contributed by atoms with Gasteiger partial charge in [0.25, 0.3) is 17.4 Å². The van der Waals surface area contributed by atoms with E-state index in [1.165, 1.54) is 26.2 Å². The normalized spacial score (nSPS) is 25.8. The highest BCUT2D eigenvalue weighted by Gasteiger charge is 2.58. The van der Waals surface area contributed by atoms with Crippen LogP contribution in [0.3, 0.4) is 0 Å². The number of fused-ring (bicyclic) bond motifs is 1. The van der Waals surface area contributed by atoms with E-state index < -0.39 is 62.7 Å². The number of hydrogen-bond donors (Lipinski definition) is 8. The number of anilines is 1. The number of hydrogen-bond acceptors (Lipinski definition) is 15. The lowest BCUT2D eigenvalue weighted by molar-refractivity contribution is -0.218. The highest BCUT2D eigenvalue weighted by atomic mass is 32.3. The maximum Gasteiger partial charge on any atom is 0.418 e. The lowest BCUT2D eigenvalue weighted by Gasteiger charge is -2.50.